The molecule has 0 unspecified atom stereocenters. The minimum atomic E-state index is -0.408. The highest BCUT2D eigenvalue weighted by Crippen LogP contribution is 2.36. The van der Waals surface area contributed by atoms with Crippen LogP contribution in [0.15, 0.2) is 60.7 Å². The van der Waals surface area contributed by atoms with Crippen LogP contribution in [0.1, 0.15) is 47.0 Å². The molecule has 0 fully saturated rings. The SMILES string of the molecule is Cc1ccc(N2C(=O)c3cccc(-c4ccc5c(c4)C(=O)N(C)C5=O)c3C2=O)cc1. The van der Waals surface area contributed by atoms with E-state index in [0.717, 1.165) is 10.5 Å². The van der Waals surface area contributed by atoms with Gasteiger partial charge < -0.3 is 0 Å². The minimum absolute atomic E-state index is 0.296. The Labute approximate surface area is 172 Å². The van der Waals surface area contributed by atoms with Crippen LogP contribution in [-0.4, -0.2) is 35.6 Å². The first kappa shape index (κ1) is 18.0. The highest BCUT2D eigenvalue weighted by atomic mass is 16.2. The van der Waals surface area contributed by atoms with Gasteiger partial charge in [0.1, 0.15) is 0 Å². The molecule has 2 aliphatic rings. The lowest BCUT2D eigenvalue weighted by atomic mass is 9.94. The molecule has 0 bridgehead atoms. The summed E-state index contributed by atoms with van der Waals surface area (Å²) in [6.45, 7) is 1.93. The molecule has 6 nitrogen and oxygen atoms in total. The molecule has 4 amide bonds. The van der Waals surface area contributed by atoms with Crippen molar-refractivity contribution < 1.29 is 19.2 Å². The monoisotopic (exact) mass is 396 g/mol. The van der Waals surface area contributed by atoms with Crippen molar-refractivity contribution >= 4 is 29.3 Å². The Balaban J connectivity index is 1.64. The molecule has 30 heavy (non-hydrogen) atoms. The summed E-state index contributed by atoms with van der Waals surface area (Å²) >= 11 is 0. The van der Waals surface area contributed by atoms with Crippen LogP contribution in [-0.2, 0) is 0 Å². The third kappa shape index (κ3) is 2.37. The quantitative estimate of drug-likeness (QED) is 0.619. The van der Waals surface area contributed by atoms with Gasteiger partial charge in [0, 0.05) is 7.05 Å². The topological polar surface area (TPSA) is 74.8 Å². The smallest absolute Gasteiger partial charge is 0.266 e. The van der Waals surface area contributed by atoms with Crippen molar-refractivity contribution in [3.63, 3.8) is 0 Å². The number of amides is 4. The number of imide groups is 2. The summed E-state index contributed by atoms with van der Waals surface area (Å²) in [6, 6.07) is 17.2. The van der Waals surface area contributed by atoms with E-state index in [1.807, 2.05) is 19.1 Å². The second-order valence-electron chi connectivity index (χ2n) is 7.44. The largest absolute Gasteiger partial charge is 0.277 e. The van der Waals surface area contributed by atoms with Gasteiger partial charge in [-0.15, -0.1) is 0 Å². The van der Waals surface area contributed by atoms with Gasteiger partial charge in [-0.05, 0) is 48.4 Å². The Morgan fingerprint density at radius 1 is 0.633 bits per heavy atom. The molecule has 0 N–H and O–H groups in total. The van der Waals surface area contributed by atoms with E-state index < -0.39 is 5.91 Å². The molecule has 5 rings (SSSR count). The molecule has 0 aromatic heterocycles. The number of benzene rings is 3. The van der Waals surface area contributed by atoms with E-state index in [4.69, 9.17) is 0 Å². The standard InChI is InChI=1S/C24H16N2O4/c1-13-6-9-15(10-7-13)26-23(29)18-5-3-4-16(20(18)24(26)30)14-8-11-17-19(12-14)22(28)25(2)21(17)27/h3-12H,1-2H3. The second-order valence-corrected chi connectivity index (χ2v) is 7.44. The van der Waals surface area contributed by atoms with Gasteiger partial charge in [-0.25, -0.2) is 4.90 Å². The number of hydrogen-bond acceptors (Lipinski definition) is 4. The zero-order valence-corrected chi connectivity index (χ0v) is 16.3. The minimum Gasteiger partial charge on any atom is -0.277 e. The number of carbonyl (C=O) groups is 4. The molecule has 0 saturated carbocycles. The summed E-state index contributed by atoms with van der Waals surface area (Å²) in [4.78, 5) is 53.0. The molecule has 3 aromatic carbocycles. The zero-order chi connectivity index (χ0) is 21.2. The normalized spacial score (nSPS) is 15.1. The summed E-state index contributed by atoms with van der Waals surface area (Å²) in [5.41, 5.74) is 3.94. The van der Waals surface area contributed by atoms with E-state index in [0.29, 0.717) is 39.1 Å². The first-order valence-electron chi connectivity index (χ1n) is 9.44. The van der Waals surface area contributed by atoms with Crippen molar-refractivity contribution in [3.8, 4) is 11.1 Å². The van der Waals surface area contributed by atoms with Crippen LogP contribution >= 0.6 is 0 Å². The van der Waals surface area contributed by atoms with Gasteiger partial charge in [-0.1, -0.05) is 35.9 Å². The maximum atomic E-state index is 13.3. The van der Waals surface area contributed by atoms with Crippen LogP contribution in [0.2, 0.25) is 0 Å². The van der Waals surface area contributed by atoms with E-state index in [1.54, 1.807) is 48.5 Å². The third-order valence-electron chi connectivity index (χ3n) is 5.61. The van der Waals surface area contributed by atoms with E-state index in [9.17, 15) is 19.2 Å². The zero-order valence-electron chi connectivity index (χ0n) is 16.3. The van der Waals surface area contributed by atoms with Gasteiger partial charge in [-0.2, -0.15) is 0 Å². The lowest BCUT2D eigenvalue weighted by Crippen LogP contribution is -2.29. The number of rotatable bonds is 2. The van der Waals surface area contributed by atoms with Crippen molar-refractivity contribution in [2.45, 2.75) is 6.92 Å². The van der Waals surface area contributed by atoms with Gasteiger partial charge in [0.2, 0.25) is 0 Å². The lowest BCUT2D eigenvalue weighted by molar-refractivity contribution is 0.0692. The van der Waals surface area contributed by atoms with Crippen molar-refractivity contribution in [2.24, 2.45) is 0 Å². The molecule has 0 aliphatic carbocycles. The molecule has 3 aromatic rings. The Kier molecular flexibility index (Phi) is 3.73. The van der Waals surface area contributed by atoms with Crippen LogP contribution in [0.4, 0.5) is 5.69 Å². The maximum Gasteiger partial charge on any atom is 0.266 e. The Hall–Kier alpha value is -4.06. The number of hydrogen-bond donors (Lipinski definition) is 0. The lowest BCUT2D eigenvalue weighted by Gasteiger charge is -2.14. The highest BCUT2D eigenvalue weighted by Gasteiger charge is 2.39. The molecular weight excluding hydrogens is 380 g/mol. The number of fused-ring (bicyclic) bond motifs is 2. The van der Waals surface area contributed by atoms with Crippen LogP contribution < -0.4 is 4.90 Å². The van der Waals surface area contributed by atoms with Crippen molar-refractivity contribution in [2.75, 3.05) is 11.9 Å². The number of carbonyl (C=O) groups excluding carboxylic acids is 4. The molecule has 0 spiro atoms. The van der Waals surface area contributed by atoms with E-state index in [2.05, 4.69) is 0 Å². The second kappa shape index (κ2) is 6.22. The predicted octanol–water partition coefficient (Wildman–Crippen LogP) is 3.69. The van der Waals surface area contributed by atoms with E-state index in [1.165, 1.54) is 11.9 Å². The Bertz CT molecular complexity index is 1290. The first-order chi connectivity index (χ1) is 14.4. The average molecular weight is 396 g/mol. The summed E-state index contributed by atoms with van der Waals surface area (Å²) in [6.07, 6.45) is 0. The summed E-state index contributed by atoms with van der Waals surface area (Å²) in [5, 5.41) is 0. The van der Waals surface area contributed by atoms with Crippen LogP contribution in [0.25, 0.3) is 11.1 Å². The molecule has 0 saturated heterocycles. The van der Waals surface area contributed by atoms with Crippen LogP contribution in [0.5, 0.6) is 0 Å². The van der Waals surface area contributed by atoms with Gasteiger partial charge >= 0.3 is 0 Å². The fourth-order valence-corrected chi connectivity index (χ4v) is 3.98. The summed E-state index contributed by atoms with van der Waals surface area (Å²) in [7, 11) is 1.44. The fraction of sp³-hybridized carbons (Fsp3) is 0.0833. The number of anilines is 1. The summed E-state index contributed by atoms with van der Waals surface area (Å²) in [5.74, 6) is -1.52. The Morgan fingerprint density at radius 2 is 1.30 bits per heavy atom. The van der Waals surface area contributed by atoms with Gasteiger partial charge in [0.05, 0.1) is 27.9 Å². The van der Waals surface area contributed by atoms with Crippen molar-refractivity contribution in [3.05, 3.63) is 88.5 Å². The molecule has 2 aliphatic heterocycles. The van der Waals surface area contributed by atoms with E-state index in [-0.39, 0.29) is 17.7 Å². The predicted molar refractivity (Wildman–Crippen MR) is 111 cm³/mol. The van der Waals surface area contributed by atoms with Gasteiger partial charge in [0.25, 0.3) is 23.6 Å². The van der Waals surface area contributed by atoms with E-state index >= 15 is 0 Å². The average Bonchev–Trinajstić information content (AvgIpc) is 3.14. The van der Waals surface area contributed by atoms with Gasteiger partial charge in [0.15, 0.2) is 0 Å². The highest BCUT2D eigenvalue weighted by molar-refractivity contribution is 6.36. The Morgan fingerprint density at radius 3 is 2.03 bits per heavy atom. The summed E-state index contributed by atoms with van der Waals surface area (Å²) < 4.78 is 0. The molecular formula is C24H16N2O4. The third-order valence-corrected chi connectivity index (χ3v) is 5.61. The molecule has 0 atom stereocenters. The molecule has 146 valence electrons. The first-order valence-corrected chi connectivity index (χ1v) is 9.44. The van der Waals surface area contributed by atoms with Crippen LogP contribution in [0.3, 0.4) is 0 Å². The van der Waals surface area contributed by atoms with Crippen LogP contribution in [0, 0.1) is 6.92 Å². The van der Waals surface area contributed by atoms with Gasteiger partial charge in [-0.3, -0.25) is 24.1 Å². The molecule has 6 heteroatoms. The maximum absolute atomic E-state index is 13.3. The molecule has 2 heterocycles. The number of nitrogens with zero attached hydrogens (tertiary/aromatic N) is 2. The molecule has 0 radical (unpaired) electrons. The fourth-order valence-electron chi connectivity index (χ4n) is 3.98. The van der Waals surface area contributed by atoms with Crippen molar-refractivity contribution in [1.82, 2.24) is 4.90 Å². The van der Waals surface area contributed by atoms with Crippen molar-refractivity contribution in [1.29, 1.82) is 0 Å². The number of aryl methyl sites for hydroxylation is 1.